The van der Waals surface area contributed by atoms with Gasteiger partial charge in [0.05, 0.1) is 6.04 Å². The summed E-state index contributed by atoms with van der Waals surface area (Å²) in [6.07, 6.45) is -0.390. The maximum absolute atomic E-state index is 11.8. The zero-order valence-corrected chi connectivity index (χ0v) is 12.2. The van der Waals surface area contributed by atoms with Crippen LogP contribution in [0.5, 0.6) is 0 Å². The fourth-order valence-corrected chi connectivity index (χ4v) is 1.68. The Morgan fingerprint density at radius 2 is 1.89 bits per heavy atom. The van der Waals surface area contributed by atoms with E-state index in [1.54, 1.807) is 0 Å². The van der Waals surface area contributed by atoms with Crippen LogP contribution in [0, 0.1) is 0 Å². The van der Waals surface area contributed by atoms with Crippen LogP contribution < -0.4 is 10.6 Å². The molecule has 0 radical (unpaired) electrons. The Balaban J connectivity index is 2.67. The number of hydrogen-bond donors (Lipinski definition) is 2. The fraction of sp³-hybridized carbons (Fsp3) is 0.533. The van der Waals surface area contributed by atoms with E-state index in [-0.39, 0.29) is 12.1 Å². The molecule has 4 heteroatoms. The molecule has 19 heavy (non-hydrogen) atoms. The first-order chi connectivity index (χ1) is 8.92. The molecule has 1 aromatic carbocycles. The van der Waals surface area contributed by atoms with Crippen LogP contribution in [0.1, 0.15) is 39.3 Å². The molecule has 1 atom stereocenters. The summed E-state index contributed by atoms with van der Waals surface area (Å²) in [4.78, 5) is 11.8. The largest absolute Gasteiger partial charge is 0.444 e. The number of rotatable bonds is 5. The fourth-order valence-electron chi connectivity index (χ4n) is 1.68. The van der Waals surface area contributed by atoms with Crippen LogP contribution in [0.4, 0.5) is 4.79 Å². The van der Waals surface area contributed by atoms with Crippen LogP contribution >= 0.6 is 0 Å². The van der Waals surface area contributed by atoms with Gasteiger partial charge in [-0.2, -0.15) is 0 Å². The molecule has 1 unspecified atom stereocenters. The van der Waals surface area contributed by atoms with Gasteiger partial charge in [0.2, 0.25) is 0 Å². The highest BCUT2D eigenvalue weighted by molar-refractivity contribution is 5.68. The van der Waals surface area contributed by atoms with Crippen LogP contribution in [-0.2, 0) is 4.74 Å². The molecular formula is C15H24N2O2. The number of alkyl carbamates (subject to hydrolysis) is 1. The second-order valence-electron chi connectivity index (χ2n) is 5.42. The highest BCUT2D eigenvalue weighted by Crippen LogP contribution is 2.13. The third kappa shape index (κ3) is 6.25. The standard InChI is InChI=1S/C15H24N2O2/c1-5-16-11-13(12-9-7-6-8-10-12)17-14(18)19-15(2,3)4/h6-10,13,16H,5,11H2,1-4H3,(H,17,18). The van der Waals surface area contributed by atoms with Gasteiger partial charge in [-0.3, -0.25) is 0 Å². The Bertz CT molecular complexity index is 385. The molecule has 0 fully saturated rings. The molecule has 2 N–H and O–H groups in total. The van der Waals surface area contributed by atoms with E-state index < -0.39 is 5.60 Å². The van der Waals surface area contributed by atoms with E-state index in [1.165, 1.54) is 0 Å². The second-order valence-corrected chi connectivity index (χ2v) is 5.42. The zero-order valence-electron chi connectivity index (χ0n) is 12.2. The van der Waals surface area contributed by atoms with Gasteiger partial charge in [-0.05, 0) is 32.9 Å². The van der Waals surface area contributed by atoms with Gasteiger partial charge in [0.15, 0.2) is 0 Å². The minimum atomic E-state index is -0.483. The molecule has 0 bridgehead atoms. The molecule has 0 aromatic heterocycles. The van der Waals surface area contributed by atoms with Gasteiger partial charge in [-0.25, -0.2) is 4.79 Å². The SMILES string of the molecule is CCNCC(NC(=O)OC(C)(C)C)c1ccccc1. The molecule has 0 heterocycles. The molecule has 1 aromatic rings. The van der Waals surface area contributed by atoms with Gasteiger partial charge in [0.25, 0.3) is 0 Å². The van der Waals surface area contributed by atoms with Gasteiger partial charge >= 0.3 is 6.09 Å². The molecule has 0 aliphatic rings. The van der Waals surface area contributed by atoms with Crippen molar-refractivity contribution in [1.82, 2.24) is 10.6 Å². The number of amides is 1. The minimum Gasteiger partial charge on any atom is -0.444 e. The lowest BCUT2D eigenvalue weighted by atomic mass is 10.1. The predicted octanol–water partition coefficient (Wildman–Crippen LogP) is 2.86. The number of hydrogen-bond acceptors (Lipinski definition) is 3. The average Bonchev–Trinajstić information content (AvgIpc) is 2.33. The number of carbonyl (C=O) groups is 1. The van der Waals surface area contributed by atoms with Gasteiger partial charge < -0.3 is 15.4 Å². The van der Waals surface area contributed by atoms with E-state index in [9.17, 15) is 4.79 Å². The molecule has 4 nitrogen and oxygen atoms in total. The van der Waals surface area contributed by atoms with Crippen LogP contribution in [0.2, 0.25) is 0 Å². The van der Waals surface area contributed by atoms with E-state index in [0.717, 1.165) is 12.1 Å². The summed E-state index contributed by atoms with van der Waals surface area (Å²) in [6.45, 7) is 9.14. The van der Waals surface area contributed by atoms with Crippen molar-refractivity contribution in [3.63, 3.8) is 0 Å². The predicted molar refractivity (Wildman–Crippen MR) is 77.1 cm³/mol. The molecule has 0 saturated heterocycles. The first-order valence-corrected chi connectivity index (χ1v) is 6.67. The highest BCUT2D eigenvalue weighted by Gasteiger charge is 2.20. The summed E-state index contributed by atoms with van der Waals surface area (Å²) in [5.74, 6) is 0. The van der Waals surface area contributed by atoms with E-state index in [2.05, 4.69) is 10.6 Å². The molecule has 0 aliphatic heterocycles. The van der Waals surface area contributed by atoms with Crippen molar-refractivity contribution in [1.29, 1.82) is 0 Å². The summed E-state index contributed by atoms with van der Waals surface area (Å²) in [5.41, 5.74) is 0.582. The third-order valence-electron chi connectivity index (χ3n) is 2.49. The van der Waals surface area contributed by atoms with E-state index in [4.69, 9.17) is 4.74 Å². The molecule has 106 valence electrons. The normalized spacial score (nSPS) is 12.8. The lowest BCUT2D eigenvalue weighted by molar-refractivity contribution is 0.0503. The molecule has 0 saturated carbocycles. The first kappa shape index (κ1) is 15.5. The lowest BCUT2D eigenvalue weighted by Crippen LogP contribution is -2.39. The molecule has 1 rings (SSSR count). The highest BCUT2D eigenvalue weighted by atomic mass is 16.6. The Kier molecular flexibility index (Phi) is 5.83. The Hall–Kier alpha value is -1.55. The summed E-state index contributed by atoms with van der Waals surface area (Å²) >= 11 is 0. The quantitative estimate of drug-likeness (QED) is 0.859. The van der Waals surface area contributed by atoms with Crippen molar-refractivity contribution in [3.05, 3.63) is 35.9 Å². The minimum absolute atomic E-state index is 0.0870. The summed E-state index contributed by atoms with van der Waals surface area (Å²) in [6, 6.07) is 9.80. The van der Waals surface area contributed by atoms with Crippen LogP contribution in [0.3, 0.4) is 0 Å². The Morgan fingerprint density at radius 3 is 2.42 bits per heavy atom. The maximum Gasteiger partial charge on any atom is 0.408 e. The van der Waals surface area contributed by atoms with Gasteiger partial charge in [-0.15, -0.1) is 0 Å². The molecule has 1 amide bonds. The van der Waals surface area contributed by atoms with E-state index in [0.29, 0.717) is 6.54 Å². The monoisotopic (exact) mass is 264 g/mol. The van der Waals surface area contributed by atoms with Gasteiger partial charge in [0.1, 0.15) is 5.60 Å². The molecule has 0 aliphatic carbocycles. The molecule has 0 spiro atoms. The number of likely N-dealkylation sites (N-methyl/N-ethyl adjacent to an activating group) is 1. The summed E-state index contributed by atoms with van der Waals surface area (Å²) in [5, 5.41) is 6.15. The van der Waals surface area contributed by atoms with E-state index in [1.807, 2.05) is 58.0 Å². The van der Waals surface area contributed by atoms with Crippen LogP contribution in [-0.4, -0.2) is 24.8 Å². The Labute approximate surface area is 115 Å². The maximum atomic E-state index is 11.8. The average molecular weight is 264 g/mol. The van der Waals surface area contributed by atoms with Crippen molar-refractivity contribution >= 4 is 6.09 Å². The molecular weight excluding hydrogens is 240 g/mol. The van der Waals surface area contributed by atoms with Crippen LogP contribution in [0.15, 0.2) is 30.3 Å². The van der Waals surface area contributed by atoms with Crippen molar-refractivity contribution in [2.24, 2.45) is 0 Å². The first-order valence-electron chi connectivity index (χ1n) is 6.67. The van der Waals surface area contributed by atoms with Crippen LogP contribution in [0.25, 0.3) is 0 Å². The van der Waals surface area contributed by atoms with Crippen molar-refractivity contribution in [2.45, 2.75) is 39.3 Å². The third-order valence-corrected chi connectivity index (χ3v) is 2.49. The lowest BCUT2D eigenvalue weighted by Gasteiger charge is -2.24. The number of nitrogens with one attached hydrogen (secondary N) is 2. The topological polar surface area (TPSA) is 50.4 Å². The number of ether oxygens (including phenoxy) is 1. The number of benzene rings is 1. The summed E-state index contributed by atoms with van der Waals surface area (Å²) < 4.78 is 5.29. The Morgan fingerprint density at radius 1 is 1.26 bits per heavy atom. The van der Waals surface area contributed by atoms with Crippen molar-refractivity contribution in [2.75, 3.05) is 13.1 Å². The second kappa shape index (κ2) is 7.14. The van der Waals surface area contributed by atoms with Crippen molar-refractivity contribution in [3.8, 4) is 0 Å². The van der Waals surface area contributed by atoms with Gasteiger partial charge in [-0.1, -0.05) is 37.3 Å². The zero-order chi connectivity index (χ0) is 14.3. The number of carbonyl (C=O) groups excluding carboxylic acids is 1. The van der Waals surface area contributed by atoms with Gasteiger partial charge in [0, 0.05) is 6.54 Å². The smallest absolute Gasteiger partial charge is 0.408 e. The van der Waals surface area contributed by atoms with E-state index >= 15 is 0 Å². The summed E-state index contributed by atoms with van der Waals surface area (Å²) in [7, 11) is 0. The van der Waals surface area contributed by atoms with Crippen molar-refractivity contribution < 1.29 is 9.53 Å².